The van der Waals surface area contributed by atoms with Crippen LogP contribution in [0.4, 0.5) is 0 Å². The number of primary amides is 1. The molecule has 5 N–H and O–H groups in total. The number of rotatable bonds is 11. The number of aromatic nitrogens is 2. The molecule has 0 spiro atoms. The fourth-order valence-corrected chi connectivity index (χ4v) is 8.97. The van der Waals surface area contributed by atoms with E-state index in [0.717, 1.165) is 43.2 Å². The highest BCUT2D eigenvalue weighted by Gasteiger charge is 2.44. The number of amides is 6. The maximum Gasteiger partial charge on any atom is 0.329 e. The number of fused-ring (bicyclic) bond motifs is 2. The van der Waals surface area contributed by atoms with Gasteiger partial charge in [-0.2, -0.15) is 0 Å². The van der Waals surface area contributed by atoms with E-state index in [1.807, 2.05) is 18.2 Å². The van der Waals surface area contributed by atoms with Gasteiger partial charge in [0, 0.05) is 45.4 Å². The van der Waals surface area contributed by atoms with Crippen LogP contribution in [0, 0.1) is 17.8 Å². The van der Waals surface area contributed by atoms with Gasteiger partial charge in [-0.05, 0) is 93.7 Å². The number of imidazole rings is 1. The number of nitrogens with zero attached hydrogens (tertiary/aromatic N) is 4. The summed E-state index contributed by atoms with van der Waals surface area (Å²) in [5.41, 5.74) is 7.37. The third-order valence-corrected chi connectivity index (χ3v) is 12.0. The molecule has 54 heavy (non-hydrogen) atoms. The third-order valence-electron chi connectivity index (χ3n) is 12.0. The van der Waals surface area contributed by atoms with Crippen molar-refractivity contribution in [3.8, 4) is 0 Å². The molecule has 6 amide bonds. The van der Waals surface area contributed by atoms with Gasteiger partial charge in [-0.15, -0.1) is 0 Å². The number of hydrogen-bond donors (Lipinski definition) is 4. The molecule has 1 aromatic heterocycles. The highest BCUT2D eigenvalue weighted by Crippen LogP contribution is 2.35. The van der Waals surface area contributed by atoms with E-state index in [9.17, 15) is 43.5 Å². The van der Waals surface area contributed by atoms with Crippen molar-refractivity contribution in [3.05, 3.63) is 34.2 Å². The minimum atomic E-state index is -1.29. The maximum absolute atomic E-state index is 13.7. The largest absolute Gasteiger partial charge is 0.480 e. The quantitative estimate of drug-likeness (QED) is 0.241. The highest BCUT2D eigenvalue weighted by molar-refractivity contribution is 6.00. The van der Waals surface area contributed by atoms with Crippen molar-refractivity contribution >= 4 is 52.4 Å². The van der Waals surface area contributed by atoms with Crippen molar-refractivity contribution < 1.29 is 38.7 Å². The molecule has 1 unspecified atom stereocenters. The fraction of sp³-hybridized carbons (Fsp3) is 0.632. The van der Waals surface area contributed by atoms with Crippen molar-refractivity contribution in [2.24, 2.45) is 30.5 Å². The summed E-state index contributed by atoms with van der Waals surface area (Å²) in [6, 6.07) is 2.83. The molecule has 4 aliphatic rings. The number of aryl methyl sites for hydroxylation is 1. The SMILES string of the molecule is C[C@H]1CN(C(=O)CC2CCC(Cc3ccc4c(c3)n(C)c(=O)n4C3CCC(=O)NC3=O)CC2)CC[C@H]2CC[C@@H](C(=O)N[C@@H](CCC(N)=O)C(=O)O)N2C1=O. The first-order valence-corrected chi connectivity index (χ1v) is 19.2. The monoisotopic (exact) mass is 749 g/mol. The number of imide groups is 1. The van der Waals surface area contributed by atoms with Crippen molar-refractivity contribution in [3.63, 3.8) is 0 Å². The van der Waals surface area contributed by atoms with Crippen LogP contribution in [-0.2, 0) is 47.0 Å². The van der Waals surface area contributed by atoms with Crippen molar-refractivity contribution in [2.75, 3.05) is 13.1 Å². The Hall–Kier alpha value is -5.02. The lowest BCUT2D eigenvalue weighted by molar-refractivity contribution is -0.148. The van der Waals surface area contributed by atoms with Crippen LogP contribution < -0.4 is 22.1 Å². The van der Waals surface area contributed by atoms with E-state index < -0.39 is 47.7 Å². The molecule has 3 aliphatic heterocycles. The van der Waals surface area contributed by atoms with Crippen molar-refractivity contribution in [1.82, 2.24) is 29.6 Å². The van der Waals surface area contributed by atoms with E-state index in [4.69, 9.17) is 5.73 Å². The van der Waals surface area contributed by atoms with Gasteiger partial charge in [-0.1, -0.05) is 13.0 Å². The summed E-state index contributed by atoms with van der Waals surface area (Å²) in [5.74, 6) is -3.36. The smallest absolute Gasteiger partial charge is 0.329 e. The normalized spacial score (nSPS) is 26.8. The number of nitrogens with two attached hydrogens (primary N) is 1. The maximum atomic E-state index is 13.7. The van der Waals surface area contributed by atoms with Gasteiger partial charge in [0.1, 0.15) is 18.1 Å². The first kappa shape index (κ1) is 38.7. The van der Waals surface area contributed by atoms with Gasteiger partial charge in [0.25, 0.3) is 0 Å². The van der Waals surface area contributed by atoms with E-state index in [0.29, 0.717) is 43.7 Å². The predicted molar refractivity (Wildman–Crippen MR) is 194 cm³/mol. The molecule has 4 fully saturated rings. The standard InChI is InChI=1S/C38H51N7O9/c1-21-20-43(16-15-25-8-11-28(44(25)36(21)51)34(49)40-26(37(52)53)9-13-31(39)46)33(48)19-23-5-3-22(4-6-23)17-24-7-10-27-30(18-24)42(2)38(54)45(27)29-12-14-32(47)41-35(29)50/h7,10,18,21-23,25-26,28-29H,3-6,8-9,11-17,19-20H2,1-2H3,(H2,39,46)(H,40,49)(H,52,53)(H,41,47,50)/t21-,22?,23?,25+,26-,28-,29?/m0/s1. The lowest BCUT2D eigenvalue weighted by Gasteiger charge is -2.38. The fourth-order valence-electron chi connectivity index (χ4n) is 8.97. The lowest BCUT2D eigenvalue weighted by Crippen LogP contribution is -2.56. The Labute approximate surface area is 312 Å². The summed E-state index contributed by atoms with van der Waals surface area (Å²) >= 11 is 0. The number of carboxylic acid groups (broad SMARTS) is 1. The number of aliphatic carboxylic acids is 1. The zero-order valence-electron chi connectivity index (χ0n) is 31.0. The van der Waals surface area contributed by atoms with Crippen LogP contribution >= 0.6 is 0 Å². The van der Waals surface area contributed by atoms with Crippen LogP contribution in [0.3, 0.4) is 0 Å². The van der Waals surface area contributed by atoms with Gasteiger partial charge in [0.05, 0.1) is 17.0 Å². The van der Waals surface area contributed by atoms with Crippen LogP contribution in [-0.4, -0.2) is 96.7 Å². The predicted octanol–water partition coefficient (Wildman–Crippen LogP) is 1.12. The molecule has 1 aliphatic carbocycles. The minimum absolute atomic E-state index is 0.0319. The molecule has 6 rings (SSSR count). The molecular formula is C38H51N7O9. The van der Waals surface area contributed by atoms with Crippen LogP contribution in [0.15, 0.2) is 23.0 Å². The van der Waals surface area contributed by atoms with Gasteiger partial charge in [-0.25, -0.2) is 9.59 Å². The topological polar surface area (TPSA) is 223 Å². The summed E-state index contributed by atoms with van der Waals surface area (Å²) in [7, 11) is 1.69. The van der Waals surface area contributed by atoms with E-state index in [1.54, 1.807) is 28.3 Å². The zero-order chi connectivity index (χ0) is 38.8. The molecule has 16 heteroatoms. The Morgan fingerprint density at radius 2 is 1.69 bits per heavy atom. The first-order chi connectivity index (χ1) is 25.7. The Bertz CT molecular complexity index is 1890. The molecule has 292 valence electrons. The highest BCUT2D eigenvalue weighted by atomic mass is 16.4. The Morgan fingerprint density at radius 1 is 0.963 bits per heavy atom. The number of carbonyl (C=O) groups excluding carboxylic acids is 6. The van der Waals surface area contributed by atoms with Gasteiger partial charge in [0.2, 0.25) is 35.4 Å². The second kappa shape index (κ2) is 16.1. The third kappa shape index (κ3) is 8.21. The van der Waals surface area contributed by atoms with Crippen LogP contribution in [0.2, 0.25) is 0 Å². The molecule has 2 aromatic rings. The molecule has 3 saturated heterocycles. The molecule has 1 aromatic carbocycles. The zero-order valence-corrected chi connectivity index (χ0v) is 31.0. The summed E-state index contributed by atoms with van der Waals surface area (Å²) in [5, 5.41) is 14.4. The number of carbonyl (C=O) groups is 7. The number of carboxylic acids is 1. The Kier molecular flexibility index (Phi) is 11.6. The minimum Gasteiger partial charge on any atom is -0.480 e. The summed E-state index contributed by atoms with van der Waals surface area (Å²) in [6.07, 6.45) is 6.62. The van der Waals surface area contributed by atoms with E-state index >= 15 is 0 Å². The summed E-state index contributed by atoms with van der Waals surface area (Å²) in [4.78, 5) is 104. The number of hydrogen-bond acceptors (Lipinski definition) is 8. The number of nitrogens with one attached hydrogen (secondary N) is 2. The molecule has 1 saturated carbocycles. The number of benzene rings is 1. The Balaban J connectivity index is 1.01. The van der Waals surface area contributed by atoms with E-state index in [1.165, 1.54) is 4.57 Å². The molecule has 16 nitrogen and oxygen atoms in total. The second-order valence-corrected chi connectivity index (χ2v) is 15.7. The summed E-state index contributed by atoms with van der Waals surface area (Å²) < 4.78 is 3.04. The Morgan fingerprint density at radius 3 is 2.37 bits per heavy atom. The first-order valence-electron chi connectivity index (χ1n) is 19.2. The van der Waals surface area contributed by atoms with Gasteiger partial charge in [-0.3, -0.25) is 43.2 Å². The van der Waals surface area contributed by atoms with Crippen LogP contribution in [0.5, 0.6) is 0 Å². The average Bonchev–Trinajstić information content (AvgIpc) is 3.65. The number of piperidine rings is 1. The average molecular weight is 750 g/mol. The summed E-state index contributed by atoms with van der Waals surface area (Å²) in [6.45, 7) is 2.47. The van der Waals surface area contributed by atoms with Crippen molar-refractivity contribution in [1.29, 1.82) is 0 Å². The van der Waals surface area contributed by atoms with Crippen LogP contribution in [0.1, 0.15) is 95.6 Å². The van der Waals surface area contributed by atoms with Gasteiger partial charge < -0.3 is 26.0 Å². The molecular weight excluding hydrogens is 698 g/mol. The van der Waals surface area contributed by atoms with Crippen molar-refractivity contribution in [2.45, 2.75) is 115 Å². The van der Waals surface area contributed by atoms with E-state index in [2.05, 4.69) is 10.6 Å². The molecule has 4 heterocycles. The molecule has 0 bridgehead atoms. The van der Waals surface area contributed by atoms with Crippen LogP contribution in [0.25, 0.3) is 11.0 Å². The van der Waals surface area contributed by atoms with E-state index in [-0.39, 0.29) is 67.6 Å². The second-order valence-electron chi connectivity index (χ2n) is 15.7. The van der Waals surface area contributed by atoms with Gasteiger partial charge in [0.15, 0.2) is 0 Å². The van der Waals surface area contributed by atoms with Gasteiger partial charge >= 0.3 is 11.7 Å². The lowest BCUT2D eigenvalue weighted by atomic mass is 9.78. The molecule has 0 radical (unpaired) electrons. The molecule has 5 atom stereocenters.